The molecule has 0 bridgehead atoms. The predicted molar refractivity (Wildman–Crippen MR) is 61.0 cm³/mol. The molecule has 2 aromatic rings. The standard InChI is InChI=1S/C10H15N5O2/c1-8-11-14(5-3-7-16)10(17)15(8)9-4-6-13(2)12-9/h4,6,16H,3,5,7H2,1-2H3. The summed E-state index contributed by atoms with van der Waals surface area (Å²) in [6.45, 7) is 2.21. The second-order valence-electron chi connectivity index (χ2n) is 3.81. The summed E-state index contributed by atoms with van der Waals surface area (Å²) in [5, 5.41) is 17.1. The van der Waals surface area contributed by atoms with Crippen LogP contribution in [0.1, 0.15) is 12.2 Å². The molecule has 7 nitrogen and oxygen atoms in total. The van der Waals surface area contributed by atoms with Crippen LogP contribution in [-0.4, -0.2) is 35.8 Å². The van der Waals surface area contributed by atoms with Gasteiger partial charge in [0.25, 0.3) is 0 Å². The molecule has 92 valence electrons. The van der Waals surface area contributed by atoms with Crippen LogP contribution in [0.5, 0.6) is 0 Å². The van der Waals surface area contributed by atoms with Gasteiger partial charge in [0.1, 0.15) is 5.82 Å². The van der Waals surface area contributed by atoms with E-state index in [0.717, 1.165) is 0 Å². The molecule has 0 fully saturated rings. The molecule has 0 saturated heterocycles. The first-order valence-corrected chi connectivity index (χ1v) is 5.41. The monoisotopic (exact) mass is 237 g/mol. The molecule has 0 aliphatic rings. The molecular weight excluding hydrogens is 222 g/mol. The van der Waals surface area contributed by atoms with Crippen LogP contribution in [0.3, 0.4) is 0 Å². The van der Waals surface area contributed by atoms with Crippen molar-refractivity contribution in [1.82, 2.24) is 24.1 Å². The van der Waals surface area contributed by atoms with Crippen LogP contribution < -0.4 is 5.69 Å². The topological polar surface area (TPSA) is 77.9 Å². The van der Waals surface area contributed by atoms with Crippen LogP contribution in [0.15, 0.2) is 17.1 Å². The van der Waals surface area contributed by atoms with E-state index in [1.54, 1.807) is 30.9 Å². The molecule has 0 saturated carbocycles. The molecular formula is C10H15N5O2. The van der Waals surface area contributed by atoms with Gasteiger partial charge in [-0.05, 0) is 13.3 Å². The molecule has 0 aliphatic carbocycles. The van der Waals surface area contributed by atoms with Crippen molar-refractivity contribution in [2.75, 3.05) is 6.61 Å². The van der Waals surface area contributed by atoms with Crippen LogP contribution in [-0.2, 0) is 13.6 Å². The van der Waals surface area contributed by atoms with Gasteiger partial charge in [-0.1, -0.05) is 0 Å². The lowest BCUT2D eigenvalue weighted by Gasteiger charge is -1.96. The Kier molecular flexibility index (Phi) is 3.10. The maximum Gasteiger partial charge on any atom is 0.351 e. The highest BCUT2D eigenvalue weighted by Gasteiger charge is 2.12. The van der Waals surface area contributed by atoms with Gasteiger partial charge < -0.3 is 5.11 Å². The summed E-state index contributed by atoms with van der Waals surface area (Å²) in [6.07, 6.45) is 2.28. The normalized spacial score (nSPS) is 11.0. The Balaban J connectivity index is 2.41. The Morgan fingerprint density at radius 3 is 2.76 bits per heavy atom. The van der Waals surface area contributed by atoms with Crippen molar-refractivity contribution in [2.45, 2.75) is 19.9 Å². The zero-order chi connectivity index (χ0) is 12.4. The van der Waals surface area contributed by atoms with Crippen molar-refractivity contribution < 1.29 is 5.11 Å². The molecule has 0 aliphatic heterocycles. The van der Waals surface area contributed by atoms with Crippen LogP contribution in [0.2, 0.25) is 0 Å². The average molecular weight is 237 g/mol. The Bertz CT molecular complexity index is 566. The third-order valence-corrected chi connectivity index (χ3v) is 2.46. The SMILES string of the molecule is Cc1nn(CCCO)c(=O)n1-c1ccn(C)n1. The summed E-state index contributed by atoms with van der Waals surface area (Å²) < 4.78 is 4.43. The minimum Gasteiger partial charge on any atom is -0.396 e. The first-order valence-electron chi connectivity index (χ1n) is 5.41. The number of aliphatic hydroxyl groups excluding tert-OH is 1. The Hall–Kier alpha value is -1.89. The Morgan fingerprint density at radius 1 is 1.41 bits per heavy atom. The smallest absolute Gasteiger partial charge is 0.351 e. The van der Waals surface area contributed by atoms with E-state index in [2.05, 4.69) is 10.2 Å². The van der Waals surface area contributed by atoms with Crippen LogP contribution in [0.4, 0.5) is 0 Å². The lowest BCUT2D eigenvalue weighted by molar-refractivity contribution is 0.276. The minimum absolute atomic E-state index is 0.0436. The largest absolute Gasteiger partial charge is 0.396 e. The first kappa shape index (κ1) is 11.6. The quantitative estimate of drug-likeness (QED) is 0.774. The fourth-order valence-electron chi connectivity index (χ4n) is 1.67. The van der Waals surface area contributed by atoms with E-state index in [1.165, 1.54) is 9.25 Å². The highest BCUT2D eigenvalue weighted by atomic mass is 16.3. The summed E-state index contributed by atoms with van der Waals surface area (Å²) in [7, 11) is 1.79. The zero-order valence-corrected chi connectivity index (χ0v) is 9.87. The first-order chi connectivity index (χ1) is 8.13. The van der Waals surface area contributed by atoms with E-state index in [4.69, 9.17) is 5.11 Å². The van der Waals surface area contributed by atoms with Crippen molar-refractivity contribution in [1.29, 1.82) is 0 Å². The van der Waals surface area contributed by atoms with Crippen LogP contribution in [0, 0.1) is 6.92 Å². The third-order valence-electron chi connectivity index (χ3n) is 2.46. The summed E-state index contributed by atoms with van der Waals surface area (Å²) in [6, 6.07) is 1.76. The van der Waals surface area contributed by atoms with Gasteiger partial charge in [0, 0.05) is 32.5 Å². The van der Waals surface area contributed by atoms with E-state index in [1.807, 2.05) is 0 Å². The van der Waals surface area contributed by atoms with Gasteiger partial charge >= 0.3 is 5.69 Å². The summed E-state index contributed by atoms with van der Waals surface area (Å²) in [4.78, 5) is 12.0. The second-order valence-corrected chi connectivity index (χ2v) is 3.81. The molecule has 2 heterocycles. The Labute approximate surface area is 97.9 Å². The fraction of sp³-hybridized carbons (Fsp3) is 0.500. The van der Waals surface area contributed by atoms with Crippen molar-refractivity contribution in [3.63, 3.8) is 0 Å². The van der Waals surface area contributed by atoms with E-state index >= 15 is 0 Å². The minimum atomic E-state index is -0.227. The van der Waals surface area contributed by atoms with E-state index < -0.39 is 0 Å². The van der Waals surface area contributed by atoms with Gasteiger partial charge in [-0.15, -0.1) is 0 Å². The molecule has 17 heavy (non-hydrogen) atoms. The van der Waals surface area contributed by atoms with Crippen LogP contribution in [0.25, 0.3) is 5.82 Å². The second kappa shape index (κ2) is 4.54. The molecule has 0 aromatic carbocycles. The number of aryl methyl sites for hydroxylation is 3. The average Bonchev–Trinajstić information content (AvgIpc) is 2.81. The summed E-state index contributed by atoms with van der Waals surface area (Å²) >= 11 is 0. The number of aliphatic hydroxyl groups is 1. The van der Waals surface area contributed by atoms with E-state index in [9.17, 15) is 4.79 Å². The highest BCUT2D eigenvalue weighted by molar-refractivity contribution is 5.20. The van der Waals surface area contributed by atoms with E-state index in [-0.39, 0.29) is 12.3 Å². The maximum atomic E-state index is 12.0. The van der Waals surface area contributed by atoms with Crippen molar-refractivity contribution in [3.8, 4) is 5.82 Å². The van der Waals surface area contributed by atoms with Gasteiger partial charge in [-0.3, -0.25) is 4.68 Å². The molecule has 0 atom stereocenters. The number of hydrogen-bond acceptors (Lipinski definition) is 4. The van der Waals surface area contributed by atoms with Crippen molar-refractivity contribution in [2.24, 2.45) is 7.05 Å². The molecule has 0 radical (unpaired) electrons. The lowest BCUT2D eigenvalue weighted by Crippen LogP contribution is -2.25. The summed E-state index contributed by atoms with van der Waals surface area (Å²) in [5.41, 5.74) is -0.227. The molecule has 0 amide bonds. The van der Waals surface area contributed by atoms with Gasteiger partial charge in [-0.2, -0.15) is 10.2 Å². The maximum absolute atomic E-state index is 12.0. The van der Waals surface area contributed by atoms with Crippen LogP contribution >= 0.6 is 0 Å². The van der Waals surface area contributed by atoms with Gasteiger partial charge in [0.15, 0.2) is 5.82 Å². The van der Waals surface area contributed by atoms with Gasteiger partial charge in [-0.25, -0.2) is 14.0 Å². The Morgan fingerprint density at radius 2 is 2.18 bits per heavy atom. The molecule has 7 heteroatoms. The highest BCUT2D eigenvalue weighted by Crippen LogP contribution is 2.03. The fourth-order valence-corrected chi connectivity index (χ4v) is 1.67. The van der Waals surface area contributed by atoms with Gasteiger partial charge in [0.2, 0.25) is 0 Å². The number of hydrogen-bond donors (Lipinski definition) is 1. The van der Waals surface area contributed by atoms with Crippen molar-refractivity contribution in [3.05, 3.63) is 28.6 Å². The summed E-state index contributed by atoms with van der Waals surface area (Å²) in [5.74, 6) is 1.15. The molecule has 0 unspecified atom stereocenters. The van der Waals surface area contributed by atoms with Gasteiger partial charge in [0.05, 0.1) is 0 Å². The molecule has 0 spiro atoms. The zero-order valence-electron chi connectivity index (χ0n) is 9.87. The number of nitrogens with zero attached hydrogens (tertiary/aromatic N) is 5. The molecule has 2 rings (SSSR count). The lowest BCUT2D eigenvalue weighted by atomic mass is 10.5. The molecule has 1 N–H and O–H groups in total. The number of rotatable bonds is 4. The van der Waals surface area contributed by atoms with Crippen molar-refractivity contribution >= 4 is 0 Å². The predicted octanol–water partition coefficient (Wildman–Crippen LogP) is -0.542. The third kappa shape index (κ3) is 2.14. The van der Waals surface area contributed by atoms with E-state index in [0.29, 0.717) is 24.6 Å². The molecule has 2 aromatic heterocycles. The number of aromatic nitrogens is 5.